The maximum atomic E-state index is 13.4. The summed E-state index contributed by atoms with van der Waals surface area (Å²) in [6.45, 7) is 5.74. The normalized spacial score (nSPS) is 15.7. The molecule has 2 aromatic rings. The van der Waals surface area contributed by atoms with Crippen LogP contribution in [0.2, 0.25) is 0 Å². The topological polar surface area (TPSA) is 89.5 Å². The van der Waals surface area contributed by atoms with Gasteiger partial charge in [0, 0.05) is 30.7 Å². The highest BCUT2D eigenvalue weighted by atomic mass is 16.4. The zero-order chi connectivity index (χ0) is 19.6. The maximum absolute atomic E-state index is 13.4. The molecule has 0 unspecified atom stereocenters. The predicted octanol–water partition coefficient (Wildman–Crippen LogP) is 2.46. The third-order valence-electron chi connectivity index (χ3n) is 5.36. The van der Waals surface area contributed by atoms with Gasteiger partial charge in [-0.2, -0.15) is 0 Å². The number of pyridine rings is 1. The van der Waals surface area contributed by atoms with E-state index in [1.807, 2.05) is 17.0 Å². The van der Waals surface area contributed by atoms with E-state index in [0.29, 0.717) is 23.5 Å². The summed E-state index contributed by atoms with van der Waals surface area (Å²) in [4.78, 5) is 36.1. The minimum Gasteiger partial charge on any atom is -0.478 e. The van der Waals surface area contributed by atoms with Gasteiger partial charge in [-0.05, 0) is 70.1 Å². The highest BCUT2D eigenvalue weighted by molar-refractivity contribution is 6.00. The number of nitrogens with zero attached hydrogens (tertiary/aromatic N) is 3. The summed E-state index contributed by atoms with van der Waals surface area (Å²) in [6, 6.07) is 3.94. The standard InChI is InChI=1S/C20H26N4O3/c1-13-17(20(26)27)14(2)22-18(13)19(25)24(12-15-4-8-21-9-5-15)16-6-10-23(3)11-7-16/h4-5,8-9,16,22H,6-7,10-12H2,1-3H3,(H,26,27). The van der Waals surface area contributed by atoms with Gasteiger partial charge >= 0.3 is 5.97 Å². The van der Waals surface area contributed by atoms with Crippen molar-refractivity contribution in [3.8, 4) is 0 Å². The van der Waals surface area contributed by atoms with Gasteiger partial charge in [-0.3, -0.25) is 9.78 Å². The number of carboxylic acids is 1. The summed E-state index contributed by atoms with van der Waals surface area (Å²) in [5.74, 6) is -1.16. The number of aromatic nitrogens is 2. The Balaban J connectivity index is 1.93. The average molecular weight is 370 g/mol. The van der Waals surface area contributed by atoms with Crippen molar-refractivity contribution in [3.63, 3.8) is 0 Å². The van der Waals surface area contributed by atoms with E-state index in [0.717, 1.165) is 31.5 Å². The number of aromatic carboxylic acids is 1. The molecule has 2 N–H and O–H groups in total. The summed E-state index contributed by atoms with van der Waals surface area (Å²) < 4.78 is 0. The summed E-state index contributed by atoms with van der Waals surface area (Å²) in [7, 11) is 2.09. The van der Waals surface area contributed by atoms with Gasteiger partial charge in [0.15, 0.2) is 0 Å². The van der Waals surface area contributed by atoms with Crippen LogP contribution in [0.1, 0.15) is 50.5 Å². The number of hydrogen-bond acceptors (Lipinski definition) is 4. The zero-order valence-electron chi connectivity index (χ0n) is 16.0. The summed E-state index contributed by atoms with van der Waals surface area (Å²) >= 11 is 0. The number of hydrogen-bond donors (Lipinski definition) is 2. The van der Waals surface area contributed by atoms with Gasteiger partial charge in [0.1, 0.15) is 5.69 Å². The van der Waals surface area contributed by atoms with Crippen molar-refractivity contribution in [3.05, 3.63) is 52.6 Å². The minimum atomic E-state index is -1.01. The molecule has 3 heterocycles. The lowest BCUT2D eigenvalue weighted by Crippen LogP contribution is -2.46. The van der Waals surface area contributed by atoms with Gasteiger partial charge in [-0.15, -0.1) is 0 Å². The van der Waals surface area contributed by atoms with Crippen LogP contribution in [0.15, 0.2) is 24.5 Å². The SMILES string of the molecule is Cc1[nH]c(C(=O)N(Cc2ccncc2)C2CCN(C)CC2)c(C)c1C(=O)O. The number of likely N-dealkylation sites (tertiary alicyclic amines) is 1. The van der Waals surface area contributed by atoms with Gasteiger partial charge in [-0.1, -0.05) is 0 Å². The molecule has 0 aromatic carbocycles. The van der Waals surface area contributed by atoms with Crippen molar-refractivity contribution in [1.29, 1.82) is 0 Å². The van der Waals surface area contributed by atoms with E-state index < -0.39 is 5.97 Å². The molecular formula is C20H26N4O3. The van der Waals surface area contributed by atoms with E-state index in [1.165, 1.54) is 0 Å². The first kappa shape index (κ1) is 19.1. The van der Waals surface area contributed by atoms with E-state index in [9.17, 15) is 14.7 Å². The van der Waals surface area contributed by atoms with E-state index in [1.54, 1.807) is 26.2 Å². The second-order valence-electron chi connectivity index (χ2n) is 7.25. The van der Waals surface area contributed by atoms with Crippen LogP contribution >= 0.6 is 0 Å². The largest absolute Gasteiger partial charge is 0.478 e. The number of H-pyrrole nitrogens is 1. The molecule has 0 radical (unpaired) electrons. The van der Waals surface area contributed by atoms with Crippen molar-refractivity contribution in [1.82, 2.24) is 19.8 Å². The fraction of sp³-hybridized carbons (Fsp3) is 0.450. The van der Waals surface area contributed by atoms with Gasteiger partial charge in [0.25, 0.3) is 5.91 Å². The van der Waals surface area contributed by atoms with Crippen LogP contribution < -0.4 is 0 Å². The number of nitrogens with one attached hydrogen (secondary N) is 1. The number of piperidine rings is 1. The van der Waals surface area contributed by atoms with E-state index in [-0.39, 0.29) is 17.5 Å². The Bertz CT molecular complexity index is 823. The molecular weight excluding hydrogens is 344 g/mol. The summed E-state index contributed by atoms with van der Waals surface area (Å²) in [5.41, 5.74) is 2.58. The second-order valence-corrected chi connectivity index (χ2v) is 7.25. The van der Waals surface area contributed by atoms with Crippen LogP contribution in [-0.4, -0.2) is 62.9 Å². The first-order valence-electron chi connectivity index (χ1n) is 9.19. The summed E-state index contributed by atoms with van der Waals surface area (Å²) in [5, 5.41) is 9.44. The molecule has 144 valence electrons. The Kier molecular flexibility index (Phi) is 5.60. The molecule has 7 nitrogen and oxygen atoms in total. The first-order chi connectivity index (χ1) is 12.9. The van der Waals surface area contributed by atoms with Gasteiger partial charge in [0.05, 0.1) is 5.56 Å². The quantitative estimate of drug-likeness (QED) is 0.844. The van der Waals surface area contributed by atoms with Crippen LogP contribution in [0, 0.1) is 13.8 Å². The van der Waals surface area contributed by atoms with Gasteiger partial charge in [0.2, 0.25) is 0 Å². The second kappa shape index (κ2) is 7.92. The zero-order valence-corrected chi connectivity index (χ0v) is 16.0. The number of carbonyl (C=O) groups excluding carboxylic acids is 1. The Hall–Kier alpha value is -2.67. The van der Waals surface area contributed by atoms with Crippen LogP contribution in [0.3, 0.4) is 0 Å². The molecule has 1 fully saturated rings. The fourth-order valence-electron chi connectivity index (χ4n) is 3.79. The molecule has 0 spiro atoms. The van der Waals surface area contributed by atoms with Crippen molar-refractivity contribution < 1.29 is 14.7 Å². The molecule has 0 aliphatic carbocycles. The van der Waals surface area contributed by atoms with E-state index >= 15 is 0 Å². The third kappa shape index (κ3) is 4.03. The smallest absolute Gasteiger partial charge is 0.337 e. The lowest BCUT2D eigenvalue weighted by atomic mass is 10.0. The molecule has 1 aliphatic rings. The number of rotatable bonds is 5. The van der Waals surface area contributed by atoms with E-state index in [2.05, 4.69) is 21.9 Å². The molecule has 1 amide bonds. The Morgan fingerprint density at radius 3 is 2.44 bits per heavy atom. The molecule has 7 heteroatoms. The van der Waals surface area contributed by atoms with Crippen LogP contribution in [0.5, 0.6) is 0 Å². The number of amides is 1. The number of carboxylic acid groups (broad SMARTS) is 1. The van der Waals surface area contributed by atoms with Crippen LogP contribution in [0.25, 0.3) is 0 Å². The van der Waals surface area contributed by atoms with Crippen molar-refractivity contribution in [2.75, 3.05) is 20.1 Å². The average Bonchev–Trinajstić information content (AvgIpc) is 2.95. The Morgan fingerprint density at radius 2 is 1.89 bits per heavy atom. The first-order valence-corrected chi connectivity index (χ1v) is 9.19. The molecule has 1 saturated heterocycles. The number of aryl methyl sites for hydroxylation is 1. The molecule has 0 saturated carbocycles. The van der Waals surface area contributed by atoms with Crippen molar-refractivity contribution >= 4 is 11.9 Å². The summed E-state index contributed by atoms with van der Waals surface area (Å²) in [6.07, 6.45) is 5.24. The Labute approximate surface area is 159 Å². The van der Waals surface area contributed by atoms with Crippen LogP contribution in [-0.2, 0) is 6.54 Å². The highest BCUT2D eigenvalue weighted by Gasteiger charge is 2.31. The molecule has 2 aromatic heterocycles. The predicted molar refractivity (Wildman–Crippen MR) is 102 cm³/mol. The van der Waals surface area contributed by atoms with Crippen molar-refractivity contribution in [2.24, 2.45) is 0 Å². The van der Waals surface area contributed by atoms with Crippen molar-refractivity contribution in [2.45, 2.75) is 39.3 Å². The Morgan fingerprint density at radius 1 is 1.26 bits per heavy atom. The van der Waals surface area contributed by atoms with Crippen LogP contribution in [0.4, 0.5) is 0 Å². The monoisotopic (exact) mass is 370 g/mol. The lowest BCUT2D eigenvalue weighted by molar-refractivity contribution is 0.0563. The fourth-order valence-corrected chi connectivity index (χ4v) is 3.79. The van der Waals surface area contributed by atoms with E-state index in [4.69, 9.17) is 0 Å². The highest BCUT2D eigenvalue weighted by Crippen LogP contribution is 2.24. The molecule has 1 aliphatic heterocycles. The molecule has 3 rings (SSSR count). The minimum absolute atomic E-state index is 0.123. The maximum Gasteiger partial charge on any atom is 0.337 e. The molecule has 27 heavy (non-hydrogen) atoms. The number of carbonyl (C=O) groups is 2. The van der Waals surface area contributed by atoms with Gasteiger partial charge < -0.3 is 19.9 Å². The lowest BCUT2D eigenvalue weighted by Gasteiger charge is -2.37. The molecule has 0 atom stereocenters. The molecule has 0 bridgehead atoms. The third-order valence-corrected chi connectivity index (χ3v) is 5.36. The number of aromatic amines is 1. The van der Waals surface area contributed by atoms with Gasteiger partial charge in [-0.25, -0.2) is 4.79 Å².